The first-order chi connectivity index (χ1) is 6.48. The molecular formula is C10H13N4. The second-order valence-corrected chi connectivity index (χ2v) is 4.40. The molecule has 0 saturated carbocycles. The summed E-state index contributed by atoms with van der Waals surface area (Å²) in [5, 5.41) is 3.78. The number of hydrogen-bond acceptors (Lipinski definition) is 3. The fraction of sp³-hybridized carbons (Fsp3) is 0.400. The zero-order chi connectivity index (χ0) is 10.3. The summed E-state index contributed by atoms with van der Waals surface area (Å²) in [6.07, 6.45) is 0. The third-order valence-electron chi connectivity index (χ3n) is 2.17. The van der Waals surface area contributed by atoms with E-state index in [1.807, 2.05) is 12.1 Å². The molecule has 1 aliphatic rings. The van der Waals surface area contributed by atoms with Crippen LogP contribution in [0.15, 0.2) is 17.2 Å². The molecule has 1 aliphatic heterocycles. The highest BCUT2D eigenvalue weighted by atomic mass is 15.4. The van der Waals surface area contributed by atoms with E-state index in [9.17, 15) is 0 Å². The SMILES string of the molecule is CC(C)(C)c1ccc2c(n1)[N]N=C2N. The Hall–Kier alpha value is -1.58. The van der Waals surface area contributed by atoms with E-state index in [2.05, 4.69) is 36.3 Å². The molecule has 0 unspecified atom stereocenters. The predicted molar refractivity (Wildman–Crippen MR) is 55.5 cm³/mol. The van der Waals surface area contributed by atoms with Crippen LogP contribution in [0.3, 0.4) is 0 Å². The fourth-order valence-electron chi connectivity index (χ4n) is 1.30. The number of pyridine rings is 1. The zero-order valence-corrected chi connectivity index (χ0v) is 8.57. The van der Waals surface area contributed by atoms with Crippen molar-refractivity contribution in [2.75, 3.05) is 0 Å². The Balaban J connectivity index is 2.46. The van der Waals surface area contributed by atoms with Crippen molar-refractivity contribution in [1.82, 2.24) is 10.4 Å². The zero-order valence-electron chi connectivity index (χ0n) is 8.57. The van der Waals surface area contributed by atoms with Gasteiger partial charge >= 0.3 is 0 Å². The van der Waals surface area contributed by atoms with Crippen molar-refractivity contribution >= 4 is 11.7 Å². The number of hydrogen-bond donors (Lipinski definition) is 1. The van der Waals surface area contributed by atoms with Crippen LogP contribution in [-0.4, -0.2) is 10.8 Å². The largest absolute Gasteiger partial charge is 0.382 e. The molecule has 2 heterocycles. The molecule has 1 radical (unpaired) electrons. The summed E-state index contributed by atoms with van der Waals surface area (Å²) in [5.74, 6) is 1.09. The molecule has 1 aromatic rings. The molecule has 14 heavy (non-hydrogen) atoms. The Morgan fingerprint density at radius 3 is 2.57 bits per heavy atom. The molecule has 0 spiro atoms. The van der Waals surface area contributed by atoms with Gasteiger partial charge in [-0.2, -0.15) is 0 Å². The lowest BCUT2D eigenvalue weighted by Crippen LogP contribution is -2.15. The van der Waals surface area contributed by atoms with Crippen LogP contribution in [0.4, 0.5) is 5.82 Å². The van der Waals surface area contributed by atoms with Gasteiger partial charge in [-0.1, -0.05) is 20.8 Å². The standard InChI is InChI=1S/C10H13N4/c1-10(2,3)7-5-4-6-8(11)13-14-9(6)12-7/h4-5H,1-3H3,(H2,11,13). The van der Waals surface area contributed by atoms with Gasteiger partial charge < -0.3 is 5.73 Å². The Labute approximate surface area is 83.2 Å². The van der Waals surface area contributed by atoms with Crippen LogP contribution >= 0.6 is 0 Å². The fourth-order valence-corrected chi connectivity index (χ4v) is 1.30. The van der Waals surface area contributed by atoms with Crippen molar-refractivity contribution in [3.8, 4) is 0 Å². The highest BCUT2D eigenvalue weighted by Gasteiger charge is 2.21. The highest BCUT2D eigenvalue weighted by Crippen LogP contribution is 2.25. The Morgan fingerprint density at radius 1 is 1.21 bits per heavy atom. The molecular weight excluding hydrogens is 176 g/mol. The Morgan fingerprint density at radius 2 is 1.93 bits per heavy atom. The molecule has 0 aromatic carbocycles. The molecule has 0 fully saturated rings. The van der Waals surface area contributed by atoms with E-state index in [-0.39, 0.29) is 5.41 Å². The van der Waals surface area contributed by atoms with Crippen molar-refractivity contribution < 1.29 is 0 Å². The average Bonchev–Trinajstić information content (AvgIpc) is 2.46. The van der Waals surface area contributed by atoms with Crippen LogP contribution in [0.1, 0.15) is 32.0 Å². The van der Waals surface area contributed by atoms with E-state index in [1.54, 1.807) is 0 Å². The summed E-state index contributed by atoms with van der Waals surface area (Å²) in [6, 6.07) is 3.90. The van der Waals surface area contributed by atoms with Crippen LogP contribution in [0.2, 0.25) is 0 Å². The van der Waals surface area contributed by atoms with Gasteiger partial charge in [0.2, 0.25) is 0 Å². The average molecular weight is 189 g/mol. The number of amidine groups is 1. The summed E-state index contributed by atoms with van der Waals surface area (Å²) < 4.78 is 0. The van der Waals surface area contributed by atoms with Gasteiger partial charge in [0.05, 0.1) is 5.56 Å². The molecule has 2 rings (SSSR count). The van der Waals surface area contributed by atoms with E-state index in [0.29, 0.717) is 11.7 Å². The molecule has 0 amide bonds. The summed E-state index contributed by atoms with van der Waals surface area (Å²) in [6.45, 7) is 6.34. The van der Waals surface area contributed by atoms with E-state index >= 15 is 0 Å². The summed E-state index contributed by atoms with van der Waals surface area (Å²) >= 11 is 0. The quantitative estimate of drug-likeness (QED) is 0.667. The molecule has 0 saturated heterocycles. The van der Waals surface area contributed by atoms with Gasteiger partial charge in [0, 0.05) is 11.1 Å². The summed E-state index contributed by atoms with van der Waals surface area (Å²) in [5.41, 5.74) is 11.4. The molecule has 4 heteroatoms. The maximum Gasteiger partial charge on any atom is 0.185 e. The summed E-state index contributed by atoms with van der Waals surface area (Å²) in [4.78, 5) is 4.41. The predicted octanol–water partition coefficient (Wildman–Crippen LogP) is 1.25. The minimum Gasteiger partial charge on any atom is -0.382 e. The van der Waals surface area contributed by atoms with Gasteiger partial charge in [0.15, 0.2) is 11.7 Å². The van der Waals surface area contributed by atoms with E-state index in [1.165, 1.54) is 0 Å². The number of nitrogens with two attached hydrogens (primary N) is 1. The lowest BCUT2D eigenvalue weighted by molar-refractivity contribution is 0.568. The maximum absolute atomic E-state index is 5.62. The smallest absolute Gasteiger partial charge is 0.185 e. The molecule has 4 nitrogen and oxygen atoms in total. The van der Waals surface area contributed by atoms with Crippen molar-refractivity contribution in [2.45, 2.75) is 26.2 Å². The molecule has 73 valence electrons. The first kappa shape index (κ1) is 8.99. The van der Waals surface area contributed by atoms with Gasteiger partial charge in [-0.15, -0.1) is 10.5 Å². The van der Waals surface area contributed by atoms with Crippen LogP contribution < -0.4 is 11.2 Å². The van der Waals surface area contributed by atoms with Gasteiger partial charge in [0.1, 0.15) is 0 Å². The van der Waals surface area contributed by atoms with Crippen molar-refractivity contribution in [3.63, 3.8) is 0 Å². The van der Waals surface area contributed by atoms with Crippen LogP contribution in [-0.2, 0) is 5.41 Å². The van der Waals surface area contributed by atoms with Crippen LogP contribution in [0, 0.1) is 0 Å². The van der Waals surface area contributed by atoms with Crippen molar-refractivity contribution in [2.24, 2.45) is 10.8 Å². The van der Waals surface area contributed by atoms with Crippen LogP contribution in [0.25, 0.3) is 0 Å². The Bertz CT molecular complexity index is 401. The van der Waals surface area contributed by atoms with Gasteiger partial charge in [-0.25, -0.2) is 4.98 Å². The third kappa shape index (κ3) is 1.32. The molecule has 0 atom stereocenters. The van der Waals surface area contributed by atoms with Gasteiger partial charge in [-0.3, -0.25) is 0 Å². The first-order valence-corrected chi connectivity index (χ1v) is 4.54. The van der Waals surface area contributed by atoms with Crippen LogP contribution in [0.5, 0.6) is 0 Å². The van der Waals surface area contributed by atoms with E-state index in [4.69, 9.17) is 5.73 Å². The molecule has 1 aromatic heterocycles. The van der Waals surface area contributed by atoms with Gasteiger partial charge in [0.25, 0.3) is 0 Å². The van der Waals surface area contributed by atoms with E-state index < -0.39 is 0 Å². The number of fused-ring (bicyclic) bond motifs is 1. The third-order valence-corrected chi connectivity index (χ3v) is 2.17. The number of aromatic nitrogens is 1. The lowest BCUT2D eigenvalue weighted by atomic mass is 9.91. The minimum atomic E-state index is 0.0297. The topological polar surface area (TPSA) is 65.4 Å². The molecule has 0 bridgehead atoms. The van der Waals surface area contributed by atoms with Gasteiger partial charge in [-0.05, 0) is 12.1 Å². The van der Waals surface area contributed by atoms with E-state index in [0.717, 1.165) is 11.3 Å². The maximum atomic E-state index is 5.62. The second-order valence-electron chi connectivity index (χ2n) is 4.40. The van der Waals surface area contributed by atoms with Crippen molar-refractivity contribution in [3.05, 3.63) is 23.4 Å². The lowest BCUT2D eigenvalue weighted by Gasteiger charge is -2.17. The monoisotopic (exact) mass is 189 g/mol. The number of nitrogens with zero attached hydrogens (tertiary/aromatic N) is 3. The molecule has 2 N–H and O–H groups in total. The number of rotatable bonds is 0. The Kier molecular flexibility index (Phi) is 1.74. The minimum absolute atomic E-state index is 0.0297. The van der Waals surface area contributed by atoms with Crippen molar-refractivity contribution in [1.29, 1.82) is 0 Å². The normalized spacial score (nSPS) is 14.6. The summed E-state index contributed by atoms with van der Waals surface area (Å²) in [7, 11) is 0. The second kappa shape index (κ2) is 2.70. The molecule has 0 aliphatic carbocycles. The first-order valence-electron chi connectivity index (χ1n) is 4.54. The highest BCUT2D eigenvalue weighted by molar-refractivity contribution is 6.03.